The van der Waals surface area contributed by atoms with Crippen molar-refractivity contribution in [3.63, 3.8) is 0 Å². The highest BCUT2D eigenvalue weighted by Crippen LogP contribution is 2.30. The summed E-state index contributed by atoms with van der Waals surface area (Å²) < 4.78 is 25.9. The monoisotopic (exact) mass is 399 g/mol. The van der Waals surface area contributed by atoms with Gasteiger partial charge in [-0.25, -0.2) is 0 Å². The van der Waals surface area contributed by atoms with Crippen LogP contribution in [0.15, 0.2) is 48.5 Å². The molecule has 28 heavy (non-hydrogen) atoms. The summed E-state index contributed by atoms with van der Waals surface area (Å²) in [7, 11) is -3.67. The Bertz CT molecular complexity index is 952. The maximum Gasteiger partial charge on any atom is 0.261 e. The Morgan fingerprint density at radius 3 is 2.32 bits per heavy atom. The van der Waals surface area contributed by atoms with Crippen molar-refractivity contribution in [2.75, 3.05) is 12.8 Å². The van der Waals surface area contributed by atoms with Gasteiger partial charge in [0.05, 0.1) is 12.8 Å². The van der Waals surface area contributed by atoms with Crippen LogP contribution in [0, 0.1) is 12.3 Å². The van der Waals surface area contributed by atoms with E-state index >= 15 is 0 Å². The number of hydrogen-bond donors (Lipinski definition) is 2. The minimum Gasteiger partial charge on any atom is -0.299 e. The van der Waals surface area contributed by atoms with E-state index in [9.17, 15) is 13.2 Å². The van der Waals surface area contributed by atoms with E-state index in [-0.39, 0.29) is 0 Å². The fraction of sp³-hybridized carbons (Fsp3) is 0.318. The SMILES string of the molecule is C#CCN[C@@H]1CCc2ccccc21.CS(=O)(=O)O.O=C1CCc2ccccc21. The van der Waals surface area contributed by atoms with Gasteiger partial charge in [0, 0.05) is 18.0 Å². The van der Waals surface area contributed by atoms with Crippen LogP contribution in [0.1, 0.15) is 45.9 Å². The van der Waals surface area contributed by atoms with Gasteiger partial charge in [0.1, 0.15) is 0 Å². The van der Waals surface area contributed by atoms with Crippen molar-refractivity contribution in [3.8, 4) is 12.3 Å². The molecule has 5 nitrogen and oxygen atoms in total. The second-order valence-corrected chi connectivity index (χ2v) is 8.15. The summed E-state index contributed by atoms with van der Waals surface area (Å²) in [4.78, 5) is 11.1. The molecule has 2 aliphatic carbocycles. The molecule has 2 aliphatic rings. The first-order valence-corrected chi connectivity index (χ1v) is 10.9. The molecule has 0 fully saturated rings. The van der Waals surface area contributed by atoms with Crippen molar-refractivity contribution in [2.45, 2.75) is 31.7 Å². The maximum atomic E-state index is 11.1. The largest absolute Gasteiger partial charge is 0.299 e. The molecule has 2 aromatic rings. The molecule has 0 saturated heterocycles. The highest BCUT2D eigenvalue weighted by molar-refractivity contribution is 7.85. The number of carbonyl (C=O) groups excluding carboxylic acids is 1. The van der Waals surface area contributed by atoms with Crippen LogP contribution in [0.2, 0.25) is 0 Å². The van der Waals surface area contributed by atoms with E-state index in [1.165, 1.54) is 29.5 Å². The lowest BCUT2D eigenvalue weighted by Gasteiger charge is -2.10. The number of ketones is 1. The van der Waals surface area contributed by atoms with Crippen LogP contribution in [0.5, 0.6) is 0 Å². The Kier molecular flexibility index (Phi) is 7.94. The fourth-order valence-electron chi connectivity index (χ4n) is 3.34. The van der Waals surface area contributed by atoms with Crippen LogP contribution in [0.4, 0.5) is 0 Å². The number of terminal acetylenes is 1. The molecule has 4 rings (SSSR count). The highest BCUT2D eigenvalue weighted by Gasteiger charge is 2.20. The van der Waals surface area contributed by atoms with Crippen molar-refractivity contribution in [3.05, 3.63) is 70.8 Å². The summed E-state index contributed by atoms with van der Waals surface area (Å²) in [6.07, 6.45) is 9.94. The van der Waals surface area contributed by atoms with E-state index in [0.717, 1.165) is 12.0 Å². The van der Waals surface area contributed by atoms with E-state index in [1.807, 2.05) is 24.3 Å². The first-order valence-electron chi connectivity index (χ1n) is 9.08. The topological polar surface area (TPSA) is 83.5 Å². The summed E-state index contributed by atoms with van der Waals surface area (Å²) >= 11 is 0. The number of hydrogen-bond acceptors (Lipinski definition) is 4. The minimum absolute atomic E-state index is 0.301. The fourth-order valence-corrected chi connectivity index (χ4v) is 3.34. The second-order valence-electron chi connectivity index (χ2n) is 6.69. The van der Waals surface area contributed by atoms with E-state index < -0.39 is 10.1 Å². The first-order chi connectivity index (χ1) is 13.3. The molecule has 1 atom stereocenters. The van der Waals surface area contributed by atoms with Gasteiger partial charge in [0.2, 0.25) is 0 Å². The molecule has 6 heteroatoms. The normalized spacial score (nSPS) is 16.6. The first kappa shape index (κ1) is 21.8. The molecule has 0 heterocycles. The zero-order valence-corrected chi connectivity index (χ0v) is 16.7. The third-order valence-corrected chi connectivity index (χ3v) is 4.52. The van der Waals surface area contributed by atoms with E-state index in [1.54, 1.807) is 0 Å². The minimum atomic E-state index is -3.67. The van der Waals surface area contributed by atoms with Gasteiger partial charge < -0.3 is 0 Å². The molecule has 0 unspecified atom stereocenters. The highest BCUT2D eigenvalue weighted by atomic mass is 32.2. The Morgan fingerprint density at radius 1 is 1.07 bits per heavy atom. The third-order valence-electron chi connectivity index (χ3n) is 4.52. The van der Waals surface area contributed by atoms with Crippen molar-refractivity contribution < 1.29 is 17.8 Å². The number of carbonyl (C=O) groups is 1. The van der Waals surface area contributed by atoms with E-state index in [2.05, 4.69) is 35.5 Å². The lowest BCUT2D eigenvalue weighted by molar-refractivity contribution is 0.0994. The summed E-state index contributed by atoms with van der Waals surface area (Å²) in [5.41, 5.74) is 5.05. The summed E-state index contributed by atoms with van der Waals surface area (Å²) in [6.45, 7) is 0.666. The lowest BCUT2D eigenvalue weighted by atomic mass is 10.1. The molecular formula is C22H25NO4S. The number of benzene rings is 2. The summed E-state index contributed by atoms with van der Waals surface area (Å²) in [5, 5.41) is 3.35. The molecule has 2 aromatic carbocycles. The Hall–Kier alpha value is -2.46. The predicted molar refractivity (Wildman–Crippen MR) is 111 cm³/mol. The molecule has 0 spiro atoms. The number of nitrogens with one attached hydrogen (secondary N) is 1. The molecular weight excluding hydrogens is 374 g/mol. The van der Waals surface area contributed by atoms with Crippen LogP contribution < -0.4 is 5.32 Å². The third kappa shape index (κ3) is 6.93. The predicted octanol–water partition coefficient (Wildman–Crippen LogP) is 3.22. The second kappa shape index (κ2) is 10.2. The van der Waals surface area contributed by atoms with Crippen LogP contribution >= 0.6 is 0 Å². The lowest BCUT2D eigenvalue weighted by Crippen LogP contribution is -2.19. The molecule has 0 aliphatic heterocycles. The van der Waals surface area contributed by atoms with Gasteiger partial charge in [-0.2, -0.15) is 8.42 Å². The number of aryl methyl sites for hydroxylation is 2. The Labute approximate surface area is 166 Å². The number of rotatable bonds is 2. The van der Waals surface area contributed by atoms with Gasteiger partial charge in [0.15, 0.2) is 5.78 Å². The van der Waals surface area contributed by atoms with Crippen LogP contribution in [-0.2, 0) is 23.0 Å². The summed E-state index contributed by atoms with van der Waals surface area (Å²) in [5.74, 6) is 2.92. The summed E-state index contributed by atoms with van der Waals surface area (Å²) in [6, 6.07) is 16.9. The van der Waals surface area contributed by atoms with Crippen molar-refractivity contribution >= 4 is 15.9 Å². The van der Waals surface area contributed by atoms with Gasteiger partial charge >= 0.3 is 0 Å². The van der Waals surface area contributed by atoms with Gasteiger partial charge in [-0.05, 0) is 36.0 Å². The molecule has 0 radical (unpaired) electrons. The quantitative estimate of drug-likeness (QED) is 0.598. The average molecular weight is 400 g/mol. The van der Waals surface area contributed by atoms with E-state index in [4.69, 9.17) is 11.0 Å². The molecule has 0 saturated carbocycles. The Balaban J connectivity index is 0.000000166. The average Bonchev–Trinajstić information content (AvgIpc) is 3.23. The molecule has 0 bridgehead atoms. The molecule has 2 N–H and O–H groups in total. The van der Waals surface area contributed by atoms with Crippen molar-refractivity contribution in [1.82, 2.24) is 5.32 Å². The van der Waals surface area contributed by atoms with Gasteiger partial charge in [-0.1, -0.05) is 54.5 Å². The maximum absolute atomic E-state index is 11.1. The van der Waals surface area contributed by atoms with Crippen LogP contribution in [-0.4, -0.2) is 31.6 Å². The standard InChI is InChI=1S/C12H13N.C9H8O.CH4O3S/c1-2-9-13-12-8-7-10-5-3-4-6-11(10)12;10-9-6-5-7-3-1-2-4-8(7)9;1-5(2,3)4/h1,3-6,12-13H,7-9H2;1-4H,5-6H2;1H3,(H,2,3,4)/t12-;;/m1../s1. The van der Waals surface area contributed by atoms with Crippen LogP contribution in [0.25, 0.3) is 0 Å². The smallest absolute Gasteiger partial charge is 0.261 e. The molecule has 0 amide bonds. The van der Waals surface area contributed by atoms with Gasteiger partial charge in [-0.15, -0.1) is 6.42 Å². The van der Waals surface area contributed by atoms with Gasteiger partial charge in [0.25, 0.3) is 10.1 Å². The zero-order valence-electron chi connectivity index (χ0n) is 15.9. The van der Waals surface area contributed by atoms with E-state index in [0.29, 0.717) is 31.0 Å². The zero-order chi connectivity index (χ0) is 20.6. The van der Waals surface area contributed by atoms with Gasteiger partial charge in [-0.3, -0.25) is 14.7 Å². The Morgan fingerprint density at radius 2 is 1.68 bits per heavy atom. The number of Topliss-reactive ketones (excluding diaryl/α,β-unsaturated/α-hetero) is 1. The van der Waals surface area contributed by atoms with Crippen LogP contribution in [0.3, 0.4) is 0 Å². The van der Waals surface area contributed by atoms with Crippen molar-refractivity contribution in [2.24, 2.45) is 0 Å². The van der Waals surface area contributed by atoms with Crippen molar-refractivity contribution in [1.29, 1.82) is 0 Å². The number of fused-ring (bicyclic) bond motifs is 2. The molecule has 0 aromatic heterocycles. The molecule has 148 valence electrons.